The molecule has 1 saturated carbocycles. The second-order valence-corrected chi connectivity index (χ2v) is 5.08. The predicted molar refractivity (Wildman–Crippen MR) is 57.6 cm³/mol. The first-order chi connectivity index (χ1) is 7.07. The number of nitrogens with one attached hydrogen (secondary N) is 1. The van der Waals surface area contributed by atoms with E-state index in [1.54, 1.807) is 0 Å². The van der Waals surface area contributed by atoms with Gasteiger partial charge in [-0.3, -0.25) is 4.79 Å². The zero-order chi connectivity index (χ0) is 10.9. The molecule has 0 aromatic heterocycles. The highest BCUT2D eigenvalue weighted by Gasteiger charge is 2.30. The van der Waals surface area contributed by atoms with Crippen molar-refractivity contribution in [3.05, 3.63) is 0 Å². The van der Waals surface area contributed by atoms with Crippen molar-refractivity contribution in [1.82, 2.24) is 10.2 Å². The van der Waals surface area contributed by atoms with Crippen LogP contribution in [-0.2, 0) is 9.53 Å². The first-order valence-electron chi connectivity index (χ1n) is 5.72. The smallest absolute Gasteiger partial charge is 0.236 e. The van der Waals surface area contributed by atoms with Crippen LogP contribution in [0.15, 0.2) is 0 Å². The van der Waals surface area contributed by atoms with Crippen molar-refractivity contribution in [2.45, 2.75) is 38.3 Å². The number of ether oxygens (including phenoxy) is 1. The standard InChI is InChI=1S/C11H20N2O2/c1-11(2)8-13(5-6-15-11)10(14)7-12-9-3-4-9/h9,12H,3-8H2,1-2H3. The first-order valence-corrected chi connectivity index (χ1v) is 5.72. The summed E-state index contributed by atoms with van der Waals surface area (Å²) in [5.74, 6) is 0.207. The number of rotatable bonds is 3. The van der Waals surface area contributed by atoms with Crippen LogP contribution < -0.4 is 5.32 Å². The van der Waals surface area contributed by atoms with E-state index in [0.717, 1.165) is 6.54 Å². The van der Waals surface area contributed by atoms with Gasteiger partial charge < -0.3 is 15.0 Å². The molecule has 0 radical (unpaired) electrons. The molecule has 1 aliphatic carbocycles. The van der Waals surface area contributed by atoms with Gasteiger partial charge in [-0.2, -0.15) is 0 Å². The van der Waals surface area contributed by atoms with E-state index in [0.29, 0.717) is 25.7 Å². The molecule has 15 heavy (non-hydrogen) atoms. The largest absolute Gasteiger partial charge is 0.372 e. The third kappa shape index (κ3) is 3.18. The first kappa shape index (κ1) is 10.9. The molecule has 2 aliphatic rings. The number of hydrogen-bond acceptors (Lipinski definition) is 3. The Bertz CT molecular complexity index is 249. The summed E-state index contributed by atoms with van der Waals surface area (Å²) in [6.07, 6.45) is 2.45. The van der Waals surface area contributed by atoms with Crippen molar-refractivity contribution in [3.8, 4) is 0 Å². The van der Waals surface area contributed by atoms with Gasteiger partial charge in [0.25, 0.3) is 0 Å². The van der Waals surface area contributed by atoms with Crippen LogP contribution in [0.3, 0.4) is 0 Å². The van der Waals surface area contributed by atoms with Crippen LogP contribution in [-0.4, -0.2) is 48.7 Å². The fraction of sp³-hybridized carbons (Fsp3) is 0.909. The highest BCUT2D eigenvalue weighted by molar-refractivity contribution is 5.78. The van der Waals surface area contributed by atoms with E-state index in [9.17, 15) is 4.79 Å². The minimum absolute atomic E-state index is 0.187. The maximum atomic E-state index is 11.8. The minimum Gasteiger partial charge on any atom is -0.372 e. The Balaban J connectivity index is 1.78. The molecule has 1 heterocycles. The number of carbonyl (C=O) groups excluding carboxylic acids is 1. The molecule has 0 aromatic carbocycles. The molecule has 1 saturated heterocycles. The molecule has 86 valence electrons. The maximum Gasteiger partial charge on any atom is 0.236 e. The van der Waals surface area contributed by atoms with E-state index in [1.807, 2.05) is 18.7 Å². The molecule has 2 rings (SSSR count). The third-order valence-electron chi connectivity index (χ3n) is 2.90. The average Bonchev–Trinajstić information content (AvgIpc) is 2.96. The lowest BCUT2D eigenvalue weighted by molar-refractivity contribution is -0.145. The number of amides is 1. The van der Waals surface area contributed by atoms with Crippen LogP contribution >= 0.6 is 0 Å². The van der Waals surface area contributed by atoms with Crippen LogP contribution in [0, 0.1) is 0 Å². The topological polar surface area (TPSA) is 41.6 Å². The van der Waals surface area contributed by atoms with E-state index >= 15 is 0 Å². The van der Waals surface area contributed by atoms with E-state index in [1.165, 1.54) is 12.8 Å². The average molecular weight is 212 g/mol. The molecule has 4 heteroatoms. The Morgan fingerprint density at radius 1 is 1.53 bits per heavy atom. The van der Waals surface area contributed by atoms with Crippen molar-refractivity contribution in [3.63, 3.8) is 0 Å². The minimum atomic E-state index is -0.187. The monoisotopic (exact) mass is 212 g/mol. The molecule has 4 nitrogen and oxygen atoms in total. The normalized spacial score (nSPS) is 25.3. The molecular weight excluding hydrogens is 192 g/mol. The van der Waals surface area contributed by atoms with Crippen LogP contribution in [0.1, 0.15) is 26.7 Å². The lowest BCUT2D eigenvalue weighted by atomic mass is 10.1. The summed E-state index contributed by atoms with van der Waals surface area (Å²) in [6, 6.07) is 0.600. The van der Waals surface area contributed by atoms with Crippen LogP contribution in [0.5, 0.6) is 0 Å². The maximum absolute atomic E-state index is 11.8. The quantitative estimate of drug-likeness (QED) is 0.735. The van der Waals surface area contributed by atoms with E-state index in [4.69, 9.17) is 4.74 Å². The van der Waals surface area contributed by atoms with Crippen molar-refractivity contribution >= 4 is 5.91 Å². The number of hydrogen-bond donors (Lipinski definition) is 1. The summed E-state index contributed by atoms with van der Waals surface area (Å²) >= 11 is 0. The van der Waals surface area contributed by atoms with Crippen LogP contribution in [0.2, 0.25) is 0 Å². The van der Waals surface area contributed by atoms with Crippen LogP contribution in [0.25, 0.3) is 0 Å². The summed E-state index contributed by atoms with van der Waals surface area (Å²) in [5, 5.41) is 3.25. The molecular formula is C11H20N2O2. The lowest BCUT2D eigenvalue weighted by Gasteiger charge is -2.38. The fourth-order valence-electron chi connectivity index (χ4n) is 1.86. The second-order valence-electron chi connectivity index (χ2n) is 5.08. The molecule has 0 bridgehead atoms. The van der Waals surface area contributed by atoms with E-state index in [2.05, 4.69) is 5.32 Å². The Morgan fingerprint density at radius 3 is 2.87 bits per heavy atom. The van der Waals surface area contributed by atoms with Gasteiger partial charge in [-0.15, -0.1) is 0 Å². The molecule has 0 spiro atoms. The van der Waals surface area contributed by atoms with Gasteiger partial charge in [0.05, 0.1) is 18.8 Å². The van der Waals surface area contributed by atoms with E-state index in [-0.39, 0.29) is 11.5 Å². The number of nitrogens with zero attached hydrogens (tertiary/aromatic N) is 1. The highest BCUT2D eigenvalue weighted by atomic mass is 16.5. The van der Waals surface area contributed by atoms with Gasteiger partial charge in [-0.25, -0.2) is 0 Å². The van der Waals surface area contributed by atoms with Gasteiger partial charge in [0.15, 0.2) is 0 Å². The Hall–Kier alpha value is -0.610. The summed E-state index contributed by atoms with van der Waals surface area (Å²) in [4.78, 5) is 13.7. The van der Waals surface area contributed by atoms with Gasteiger partial charge in [0.2, 0.25) is 5.91 Å². The lowest BCUT2D eigenvalue weighted by Crippen LogP contribution is -2.52. The van der Waals surface area contributed by atoms with Crippen molar-refractivity contribution in [1.29, 1.82) is 0 Å². The zero-order valence-corrected chi connectivity index (χ0v) is 9.58. The molecule has 0 atom stereocenters. The zero-order valence-electron chi connectivity index (χ0n) is 9.58. The summed E-state index contributed by atoms with van der Waals surface area (Å²) in [5.41, 5.74) is -0.187. The van der Waals surface area contributed by atoms with Crippen molar-refractivity contribution in [2.75, 3.05) is 26.2 Å². The van der Waals surface area contributed by atoms with Gasteiger partial charge in [0, 0.05) is 19.1 Å². The van der Waals surface area contributed by atoms with Gasteiger partial charge in [0.1, 0.15) is 0 Å². The van der Waals surface area contributed by atoms with Crippen molar-refractivity contribution in [2.24, 2.45) is 0 Å². The summed E-state index contributed by atoms with van der Waals surface area (Å²) in [7, 11) is 0. The molecule has 1 aliphatic heterocycles. The van der Waals surface area contributed by atoms with Gasteiger partial charge in [-0.1, -0.05) is 0 Å². The summed E-state index contributed by atoms with van der Waals surface area (Å²) < 4.78 is 5.57. The fourth-order valence-corrected chi connectivity index (χ4v) is 1.86. The Morgan fingerprint density at radius 2 is 2.27 bits per heavy atom. The van der Waals surface area contributed by atoms with Gasteiger partial charge >= 0.3 is 0 Å². The molecule has 2 fully saturated rings. The van der Waals surface area contributed by atoms with Crippen molar-refractivity contribution < 1.29 is 9.53 Å². The highest BCUT2D eigenvalue weighted by Crippen LogP contribution is 2.19. The molecule has 0 unspecified atom stereocenters. The van der Waals surface area contributed by atoms with E-state index < -0.39 is 0 Å². The third-order valence-corrected chi connectivity index (χ3v) is 2.90. The Labute approximate surface area is 91.0 Å². The molecule has 1 N–H and O–H groups in total. The SMILES string of the molecule is CC1(C)CN(C(=O)CNC2CC2)CCO1. The van der Waals surface area contributed by atoms with Gasteiger partial charge in [-0.05, 0) is 26.7 Å². The molecule has 1 amide bonds. The number of carbonyl (C=O) groups is 1. The van der Waals surface area contributed by atoms with Crippen LogP contribution in [0.4, 0.5) is 0 Å². The molecule has 0 aromatic rings. The summed E-state index contributed by atoms with van der Waals surface area (Å²) in [6.45, 7) is 6.64. The predicted octanol–water partition coefficient (Wildman–Crippen LogP) is 0.376. The number of morpholine rings is 1. The second kappa shape index (κ2) is 4.10. The Kier molecular flexibility index (Phi) is 2.98.